The Hall–Kier alpha value is -2.79. The summed E-state index contributed by atoms with van der Waals surface area (Å²) in [7, 11) is 1.62. The van der Waals surface area contributed by atoms with Crippen molar-refractivity contribution in [3.63, 3.8) is 0 Å². The molecular formula is C24H28N2O3. The van der Waals surface area contributed by atoms with Crippen molar-refractivity contribution in [2.45, 2.75) is 26.3 Å². The van der Waals surface area contributed by atoms with Crippen LogP contribution in [0.15, 0.2) is 52.9 Å². The zero-order valence-electron chi connectivity index (χ0n) is 17.1. The summed E-state index contributed by atoms with van der Waals surface area (Å²) in [5, 5.41) is 3.94. The lowest BCUT2D eigenvalue weighted by Crippen LogP contribution is -2.40. The summed E-state index contributed by atoms with van der Waals surface area (Å²) in [6, 6.07) is 16.1. The van der Waals surface area contributed by atoms with Crippen LogP contribution in [0.2, 0.25) is 0 Å². The van der Waals surface area contributed by atoms with Crippen molar-refractivity contribution in [2.75, 3.05) is 26.7 Å². The number of benzene rings is 2. The van der Waals surface area contributed by atoms with Crippen LogP contribution in [0.4, 0.5) is 0 Å². The van der Waals surface area contributed by atoms with E-state index in [2.05, 4.69) is 40.5 Å². The van der Waals surface area contributed by atoms with Crippen LogP contribution >= 0.6 is 0 Å². The van der Waals surface area contributed by atoms with Gasteiger partial charge in [0.25, 0.3) is 5.91 Å². The van der Waals surface area contributed by atoms with Crippen molar-refractivity contribution < 1.29 is 13.9 Å². The molecule has 1 amide bonds. The summed E-state index contributed by atoms with van der Waals surface area (Å²) >= 11 is 0. The van der Waals surface area contributed by atoms with E-state index < -0.39 is 0 Å². The van der Waals surface area contributed by atoms with Gasteiger partial charge in [-0.25, -0.2) is 0 Å². The largest absolute Gasteiger partial charge is 0.497 e. The van der Waals surface area contributed by atoms with E-state index in [1.807, 2.05) is 25.1 Å². The summed E-state index contributed by atoms with van der Waals surface area (Å²) < 4.78 is 11.1. The number of hydrogen-bond donors (Lipinski definition) is 1. The second-order valence-corrected chi connectivity index (χ2v) is 7.83. The molecule has 3 aromatic rings. The topological polar surface area (TPSA) is 54.7 Å². The second kappa shape index (κ2) is 8.70. The molecule has 0 spiro atoms. The number of likely N-dealkylation sites (tertiary alicyclic amines) is 1. The SMILES string of the molecule is COc1ccc2oc(C)c(C(=O)NC[C@@H]3CCCN(Cc4ccccc4)C3)c2c1. The average Bonchev–Trinajstić information content (AvgIpc) is 3.08. The molecule has 152 valence electrons. The van der Waals surface area contributed by atoms with Crippen LogP contribution in [-0.4, -0.2) is 37.6 Å². The van der Waals surface area contributed by atoms with E-state index in [9.17, 15) is 4.79 Å². The summed E-state index contributed by atoms with van der Waals surface area (Å²) in [4.78, 5) is 15.4. The Labute approximate surface area is 171 Å². The van der Waals surface area contributed by atoms with Gasteiger partial charge in [0, 0.05) is 25.0 Å². The zero-order chi connectivity index (χ0) is 20.2. The maximum Gasteiger partial charge on any atom is 0.255 e. The van der Waals surface area contributed by atoms with Crippen LogP contribution in [0.3, 0.4) is 0 Å². The molecule has 0 bridgehead atoms. The average molecular weight is 392 g/mol. The summed E-state index contributed by atoms with van der Waals surface area (Å²) in [5.74, 6) is 1.75. The number of rotatable bonds is 6. The number of methoxy groups -OCH3 is 1. The summed E-state index contributed by atoms with van der Waals surface area (Å²) in [6.45, 7) is 5.61. The highest BCUT2D eigenvalue weighted by molar-refractivity contribution is 6.07. The fourth-order valence-electron chi connectivity index (χ4n) is 4.24. The van der Waals surface area contributed by atoms with Crippen molar-refractivity contribution in [2.24, 2.45) is 5.92 Å². The molecule has 1 aliphatic heterocycles. The first-order chi connectivity index (χ1) is 14.1. The van der Waals surface area contributed by atoms with Crippen LogP contribution in [0.1, 0.15) is 34.5 Å². The number of ether oxygens (including phenoxy) is 1. The predicted octanol–water partition coefficient (Wildman–Crippen LogP) is 4.39. The number of piperidine rings is 1. The summed E-state index contributed by atoms with van der Waals surface area (Å²) in [6.07, 6.45) is 2.31. The Morgan fingerprint density at radius 1 is 1.24 bits per heavy atom. The van der Waals surface area contributed by atoms with Gasteiger partial charge in [-0.15, -0.1) is 0 Å². The molecule has 1 atom stereocenters. The first-order valence-corrected chi connectivity index (χ1v) is 10.3. The second-order valence-electron chi connectivity index (χ2n) is 7.83. The van der Waals surface area contributed by atoms with E-state index in [0.717, 1.165) is 43.6 Å². The highest BCUT2D eigenvalue weighted by atomic mass is 16.5. The van der Waals surface area contributed by atoms with Crippen molar-refractivity contribution in [1.29, 1.82) is 0 Å². The van der Waals surface area contributed by atoms with E-state index in [-0.39, 0.29) is 5.91 Å². The Morgan fingerprint density at radius 3 is 2.86 bits per heavy atom. The molecule has 29 heavy (non-hydrogen) atoms. The monoisotopic (exact) mass is 392 g/mol. The van der Waals surface area contributed by atoms with E-state index in [1.54, 1.807) is 7.11 Å². The fourth-order valence-corrected chi connectivity index (χ4v) is 4.24. The molecule has 0 saturated carbocycles. The van der Waals surface area contributed by atoms with E-state index in [1.165, 1.54) is 5.56 Å². The lowest BCUT2D eigenvalue weighted by atomic mass is 9.97. The number of fused-ring (bicyclic) bond motifs is 1. The number of carbonyl (C=O) groups is 1. The van der Waals surface area contributed by atoms with Crippen molar-refractivity contribution in [3.05, 3.63) is 65.4 Å². The van der Waals surface area contributed by atoms with Gasteiger partial charge >= 0.3 is 0 Å². The molecule has 1 saturated heterocycles. The number of furan rings is 1. The lowest BCUT2D eigenvalue weighted by Gasteiger charge is -2.32. The molecule has 1 N–H and O–H groups in total. The van der Waals surface area contributed by atoms with Gasteiger partial charge in [-0.2, -0.15) is 0 Å². The van der Waals surface area contributed by atoms with Crippen molar-refractivity contribution in [1.82, 2.24) is 10.2 Å². The number of hydrogen-bond acceptors (Lipinski definition) is 4. The van der Waals surface area contributed by atoms with Gasteiger partial charge in [0.05, 0.1) is 12.7 Å². The van der Waals surface area contributed by atoms with E-state index in [0.29, 0.717) is 29.4 Å². The number of amides is 1. The van der Waals surface area contributed by atoms with Gasteiger partial charge in [0.1, 0.15) is 17.1 Å². The minimum atomic E-state index is -0.0744. The number of nitrogens with zero attached hydrogens (tertiary/aromatic N) is 1. The lowest BCUT2D eigenvalue weighted by molar-refractivity contribution is 0.0930. The van der Waals surface area contributed by atoms with Crippen LogP contribution in [0, 0.1) is 12.8 Å². The molecular weight excluding hydrogens is 364 g/mol. The summed E-state index contributed by atoms with van der Waals surface area (Å²) in [5.41, 5.74) is 2.66. The minimum Gasteiger partial charge on any atom is -0.497 e. The Balaban J connectivity index is 1.39. The van der Waals surface area contributed by atoms with Gasteiger partial charge in [0.2, 0.25) is 0 Å². The maximum atomic E-state index is 12.9. The van der Waals surface area contributed by atoms with Crippen LogP contribution in [0.5, 0.6) is 5.75 Å². The molecule has 1 aliphatic rings. The molecule has 1 fully saturated rings. The molecule has 0 radical (unpaired) electrons. The minimum absolute atomic E-state index is 0.0744. The quantitative estimate of drug-likeness (QED) is 0.676. The third kappa shape index (κ3) is 4.46. The van der Waals surface area contributed by atoms with Crippen molar-refractivity contribution in [3.8, 4) is 5.75 Å². The normalized spacial score (nSPS) is 17.4. The molecule has 4 rings (SSSR count). The fraction of sp³-hybridized carbons (Fsp3) is 0.375. The van der Waals surface area contributed by atoms with Gasteiger partial charge < -0.3 is 14.5 Å². The number of nitrogens with one attached hydrogen (secondary N) is 1. The van der Waals surface area contributed by atoms with Gasteiger partial charge in [-0.3, -0.25) is 9.69 Å². The zero-order valence-corrected chi connectivity index (χ0v) is 17.1. The van der Waals surface area contributed by atoms with Crippen LogP contribution in [-0.2, 0) is 6.54 Å². The van der Waals surface area contributed by atoms with Gasteiger partial charge in [-0.05, 0) is 56.0 Å². The molecule has 2 heterocycles. The van der Waals surface area contributed by atoms with E-state index in [4.69, 9.17) is 9.15 Å². The highest BCUT2D eigenvalue weighted by Crippen LogP contribution is 2.29. The van der Waals surface area contributed by atoms with Crippen LogP contribution in [0.25, 0.3) is 11.0 Å². The van der Waals surface area contributed by atoms with Gasteiger partial charge in [0.15, 0.2) is 0 Å². The third-order valence-electron chi connectivity index (χ3n) is 5.70. The molecule has 5 nitrogen and oxygen atoms in total. The Kier molecular flexibility index (Phi) is 5.86. The third-order valence-corrected chi connectivity index (χ3v) is 5.70. The standard InChI is InChI=1S/C24H28N2O3/c1-17-23(21-13-20(28-2)10-11-22(21)29-17)24(27)25-14-19-9-6-12-26(16-19)15-18-7-4-3-5-8-18/h3-5,7-8,10-11,13,19H,6,9,12,14-16H2,1-2H3,(H,25,27)/t19-/m0/s1. The predicted molar refractivity (Wildman–Crippen MR) is 114 cm³/mol. The Bertz CT molecular complexity index is 980. The first kappa shape index (κ1) is 19.5. The van der Waals surface area contributed by atoms with E-state index >= 15 is 0 Å². The number of carbonyl (C=O) groups excluding carboxylic acids is 1. The molecule has 0 unspecified atom stereocenters. The first-order valence-electron chi connectivity index (χ1n) is 10.3. The molecule has 5 heteroatoms. The highest BCUT2D eigenvalue weighted by Gasteiger charge is 2.23. The maximum absolute atomic E-state index is 12.9. The van der Waals surface area contributed by atoms with Gasteiger partial charge in [-0.1, -0.05) is 30.3 Å². The van der Waals surface area contributed by atoms with Crippen molar-refractivity contribution >= 4 is 16.9 Å². The molecule has 2 aromatic carbocycles. The molecule has 1 aromatic heterocycles. The van der Waals surface area contributed by atoms with Crippen LogP contribution < -0.4 is 10.1 Å². The Morgan fingerprint density at radius 2 is 2.07 bits per heavy atom. The molecule has 0 aliphatic carbocycles. The number of aryl methyl sites for hydroxylation is 1. The smallest absolute Gasteiger partial charge is 0.255 e.